The molecule has 1 heterocycles. The molecule has 4 aromatic carbocycles. The number of hydrogen-bond donors (Lipinski definition) is 0. The zero-order valence-electron chi connectivity index (χ0n) is 22.1. The molecule has 0 aliphatic rings. The summed E-state index contributed by atoms with van der Waals surface area (Å²) in [4.78, 5) is 0.0443. The van der Waals surface area contributed by atoms with Crippen LogP contribution in [0, 0.1) is 12.7 Å². The second-order valence-electron chi connectivity index (χ2n) is 9.31. The monoisotopic (exact) mass is 579 g/mol. The van der Waals surface area contributed by atoms with E-state index in [-0.39, 0.29) is 23.1 Å². The first-order chi connectivity index (χ1) is 19.2. The molecule has 0 saturated heterocycles. The Morgan fingerprint density at radius 2 is 1.38 bits per heavy atom. The topological polar surface area (TPSA) is 73.7 Å². The maximum atomic E-state index is 14.4. The summed E-state index contributed by atoms with van der Waals surface area (Å²) in [5.74, 6) is 0.959. The number of sulfonamides is 1. The number of hydrogen-bond acceptors (Lipinski definition) is 5. The second-order valence-corrected chi connectivity index (χ2v) is 11.6. The molecule has 5 aromatic rings. The zero-order chi connectivity index (χ0) is 28.4. The van der Waals surface area contributed by atoms with Gasteiger partial charge in [0.1, 0.15) is 17.3 Å². The summed E-state index contributed by atoms with van der Waals surface area (Å²) >= 11 is 6.60. The SMILES string of the molecule is COc1ccc(CN(Cc2ccc(OC)cc2)S(=O)(=O)c2cc(C)cc3c2c(Cl)nn3-c2ccc(F)cc2)cc1. The molecule has 0 aliphatic carbocycles. The highest BCUT2D eigenvalue weighted by Gasteiger charge is 2.30. The molecular formula is C30H27ClFN3O4S. The van der Waals surface area contributed by atoms with Crippen LogP contribution in [-0.2, 0) is 23.1 Å². The van der Waals surface area contributed by atoms with Crippen molar-refractivity contribution in [3.05, 3.63) is 113 Å². The molecule has 0 atom stereocenters. The highest BCUT2D eigenvalue weighted by atomic mass is 35.5. The lowest BCUT2D eigenvalue weighted by molar-refractivity contribution is 0.398. The number of nitrogens with zero attached hydrogens (tertiary/aromatic N) is 3. The van der Waals surface area contributed by atoms with Crippen LogP contribution in [0.25, 0.3) is 16.6 Å². The predicted octanol–water partition coefficient (Wildman–Crippen LogP) is 6.53. The van der Waals surface area contributed by atoms with E-state index in [0.29, 0.717) is 33.7 Å². The average Bonchev–Trinajstić information content (AvgIpc) is 3.29. The van der Waals surface area contributed by atoms with E-state index in [0.717, 1.165) is 11.1 Å². The van der Waals surface area contributed by atoms with E-state index in [9.17, 15) is 12.8 Å². The molecule has 10 heteroatoms. The molecule has 1 aromatic heterocycles. The molecule has 5 rings (SSSR count). The molecule has 0 saturated carbocycles. The number of halogens is 2. The van der Waals surface area contributed by atoms with Gasteiger partial charge in [-0.25, -0.2) is 17.5 Å². The largest absolute Gasteiger partial charge is 0.497 e. The van der Waals surface area contributed by atoms with Gasteiger partial charge in [-0.3, -0.25) is 0 Å². The summed E-state index contributed by atoms with van der Waals surface area (Å²) < 4.78 is 55.9. The van der Waals surface area contributed by atoms with Gasteiger partial charge in [0.25, 0.3) is 0 Å². The van der Waals surface area contributed by atoms with Crippen LogP contribution in [0.2, 0.25) is 5.15 Å². The third-order valence-electron chi connectivity index (χ3n) is 6.57. The minimum Gasteiger partial charge on any atom is -0.497 e. The van der Waals surface area contributed by atoms with Crippen LogP contribution in [0.3, 0.4) is 0 Å². The zero-order valence-corrected chi connectivity index (χ0v) is 23.7. The maximum absolute atomic E-state index is 14.4. The number of fused-ring (bicyclic) bond motifs is 1. The van der Waals surface area contributed by atoms with Gasteiger partial charge in [-0.2, -0.15) is 9.40 Å². The molecule has 0 amide bonds. The molecule has 0 bridgehead atoms. The molecule has 206 valence electrons. The lowest BCUT2D eigenvalue weighted by Crippen LogP contribution is -2.30. The number of rotatable bonds is 9. The summed E-state index contributed by atoms with van der Waals surface area (Å²) in [5.41, 5.74) is 3.34. The minimum atomic E-state index is -4.10. The first-order valence-corrected chi connectivity index (χ1v) is 14.2. The molecule has 7 nitrogen and oxygen atoms in total. The van der Waals surface area contributed by atoms with Crippen molar-refractivity contribution in [3.63, 3.8) is 0 Å². The highest BCUT2D eigenvalue weighted by molar-refractivity contribution is 7.89. The predicted molar refractivity (Wildman–Crippen MR) is 153 cm³/mol. The summed E-state index contributed by atoms with van der Waals surface area (Å²) in [6.45, 7) is 2.03. The van der Waals surface area contributed by atoms with E-state index < -0.39 is 15.8 Å². The smallest absolute Gasteiger partial charge is 0.244 e. The fourth-order valence-corrected chi connectivity index (χ4v) is 6.56. The number of aryl methyl sites for hydroxylation is 1. The van der Waals surface area contributed by atoms with Crippen molar-refractivity contribution in [1.29, 1.82) is 0 Å². The van der Waals surface area contributed by atoms with E-state index >= 15 is 0 Å². The third-order valence-corrected chi connectivity index (χ3v) is 8.65. The molecule has 40 heavy (non-hydrogen) atoms. The molecule has 0 radical (unpaired) electrons. The van der Waals surface area contributed by atoms with E-state index in [1.54, 1.807) is 56.7 Å². The van der Waals surface area contributed by atoms with Crippen LogP contribution in [-0.4, -0.2) is 36.7 Å². The van der Waals surface area contributed by atoms with Crippen molar-refractivity contribution < 1.29 is 22.3 Å². The van der Waals surface area contributed by atoms with Gasteiger partial charge in [-0.1, -0.05) is 35.9 Å². The lowest BCUT2D eigenvalue weighted by atomic mass is 10.2. The molecule has 0 unspecified atom stereocenters. The van der Waals surface area contributed by atoms with Gasteiger partial charge in [-0.15, -0.1) is 0 Å². The van der Waals surface area contributed by atoms with Crippen molar-refractivity contribution in [2.24, 2.45) is 0 Å². The third kappa shape index (κ3) is 5.54. The Balaban J connectivity index is 1.63. The highest BCUT2D eigenvalue weighted by Crippen LogP contribution is 2.35. The van der Waals surface area contributed by atoms with Crippen LogP contribution < -0.4 is 9.47 Å². The van der Waals surface area contributed by atoms with Gasteiger partial charge < -0.3 is 9.47 Å². The number of aromatic nitrogens is 2. The van der Waals surface area contributed by atoms with Gasteiger partial charge >= 0.3 is 0 Å². The summed E-state index contributed by atoms with van der Waals surface area (Å²) in [7, 11) is -0.948. The Bertz CT molecular complexity index is 1710. The molecule has 0 aliphatic heterocycles. The molecule has 0 spiro atoms. The Morgan fingerprint density at radius 3 is 1.88 bits per heavy atom. The standard InChI is InChI=1S/C30H27ClFN3O4S/c1-20-16-27-29(30(31)33-35(27)24-10-8-23(32)9-11-24)28(17-20)40(36,37)34(18-21-4-12-25(38-2)13-5-21)19-22-6-14-26(39-3)15-7-22/h4-17H,18-19H2,1-3H3. The molecule has 0 N–H and O–H groups in total. The first-order valence-electron chi connectivity index (χ1n) is 12.4. The minimum absolute atomic E-state index is 0.0340. The first kappa shape index (κ1) is 27.6. The van der Waals surface area contributed by atoms with E-state index in [2.05, 4.69) is 5.10 Å². The Morgan fingerprint density at radius 1 is 0.850 bits per heavy atom. The van der Waals surface area contributed by atoms with Crippen LogP contribution in [0.4, 0.5) is 4.39 Å². The van der Waals surface area contributed by atoms with Gasteiger partial charge in [0.15, 0.2) is 5.15 Å². The van der Waals surface area contributed by atoms with E-state index in [1.165, 1.54) is 21.1 Å². The number of benzene rings is 4. The molecular weight excluding hydrogens is 553 g/mol. The van der Waals surface area contributed by atoms with Crippen molar-refractivity contribution in [2.45, 2.75) is 24.9 Å². The fraction of sp³-hybridized carbons (Fsp3) is 0.167. The quantitative estimate of drug-likeness (QED) is 0.198. The second kappa shape index (κ2) is 11.3. The van der Waals surface area contributed by atoms with Crippen molar-refractivity contribution >= 4 is 32.5 Å². The van der Waals surface area contributed by atoms with Crippen molar-refractivity contribution in [3.8, 4) is 17.2 Å². The van der Waals surface area contributed by atoms with Crippen molar-refractivity contribution in [1.82, 2.24) is 14.1 Å². The summed E-state index contributed by atoms with van der Waals surface area (Å²) in [6, 6.07) is 23.7. The fourth-order valence-electron chi connectivity index (χ4n) is 4.52. The summed E-state index contributed by atoms with van der Waals surface area (Å²) in [6.07, 6.45) is 0. The van der Waals surface area contributed by atoms with Gasteiger partial charge in [-0.05, 0) is 84.3 Å². The average molecular weight is 580 g/mol. The Hall–Kier alpha value is -3.92. The van der Waals surface area contributed by atoms with E-state index in [4.69, 9.17) is 21.1 Å². The van der Waals surface area contributed by atoms with Gasteiger partial charge in [0.2, 0.25) is 10.0 Å². The maximum Gasteiger partial charge on any atom is 0.244 e. The number of methoxy groups -OCH3 is 2. The normalized spacial score (nSPS) is 11.8. The van der Waals surface area contributed by atoms with Crippen LogP contribution in [0.1, 0.15) is 16.7 Å². The Labute approximate surface area is 237 Å². The van der Waals surface area contributed by atoms with Gasteiger partial charge in [0.05, 0.1) is 35.7 Å². The van der Waals surface area contributed by atoms with Crippen LogP contribution in [0.15, 0.2) is 89.8 Å². The van der Waals surface area contributed by atoms with Crippen LogP contribution in [0.5, 0.6) is 11.5 Å². The van der Waals surface area contributed by atoms with E-state index in [1.807, 2.05) is 37.3 Å². The lowest BCUT2D eigenvalue weighted by Gasteiger charge is -2.23. The summed E-state index contributed by atoms with van der Waals surface area (Å²) in [5, 5.41) is 4.75. The van der Waals surface area contributed by atoms with Gasteiger partial charge in [0, 0.05) is 13.1 Å². The van der Waals surface area contributed by atoms with Crippen molar-refractivity contribution in [2.75, 3.05) is 14.2 Å². The molecule has 0 fully saturated rings. The van der Waals surface area contributed by atoms with Crippen LogP contribution >= 0.6 is 11.6 Å². The Kier molecular flexibility index (Phi) is 7.80. The number of ether oxygens (including phenoxy) is 2.